The van der Waals surface area contributed by atoms with Crippen LogP contribution in [-0.2, 0) is 5.60 Å². The molecule has 0 amide bonds. The van der Waals surface area contributed by atoms with E-state index in [1.807, 2.05) is 12.1 Å². The van der Waals surface area contributed by atoms with Crippen molar-refractivity contribution in [2.45, 2.75) is 44.2 Å². The average molecular weight is 298 g/mol. The Morgan fingerprint density at radius 1 is 1.18 bits per heavy atom. The highest BCUT2D eigenvalue weighted by Gasteiger charge is 2.35. The number of aromatic nitrogens is 3. The van der Waals surface area contributed by atoms with Gasteiger partial charge in [-0.1, -0.05) is 6.92 Å². The van der Waals surface area contributed by atoms with Gasteiger partial charge in [0.05, 0.1) is 5.69 Å². The molecule has 0 spiro atoms. The summed E-state index contributed by atoms with van der Waals surface area (Å²) >= 11 is 0. The minimum absolute atomic E-state index is 0.516. The number of hydrogen-bond donors (Lipinski definition) is 2. The highest BCUT2D eigenvalue weighted by Crippen LogP contribution is 2.36. The molecule has 2 aromatic rings. The van der Waals surface area contributed by atoms with Gasteiger partial charge in [-0.3, -0.25) is 4.98 Å². The second kappa shape index (κ2) is 6.50. The Balaban J connectivity index is 1.73. The van der Waals surface area contributed by atoms with E-state index in [2.05, 4.69) is 27.2 Å². The summed E-state index contributed by atoms with van der Waals surface area (Å²) < 4.78 is 0. The highest BCUT2D eigenvalue weighted by atomic mass is 16.3. The van der Waals surface area contributed by atoms with E-state index in [9.17, 15) is 5.11 Å². The van der Waals surface area contributed by atoms with Crippen LogP contribution in [0, 0.1) is 0 Å². The lowest BCUT2D eigenvalue weighted by Gasteiger charge is -2.35. The minimum Gasteiger partial charge on any atom is -0.384 e. The third kappa shape index (κ3) is 3.15. The summed E-state index contributed by atoms with van der Waals surface area (Å²) in [5.41, 5.74) is 0.818. The van der Waals surface area contributed by atoms with E-state index in [0.29, 0.717) is 11.9 Å². The molecule has 5 heteroatoms. The molecule has 0 aromatic carbocycles. The molecule has 1 aliphatic carbocycles. The van der Waals surface area contributed by atoms with Crippen LogP contribution < -0.4 is 5.32 Å². The first-order chi connectivity index (χ1) is 10.7. The van der Waals surface area contributed by atoms with Crippen LogP contribution in [0.4, 0.5) is 0 Å². The zero-order chi connectivity index (χ0) is 15.4. The van der Waals surface area contributed by atoms with Crippen LogP contribution in [0.15, 0.2) is 36.8 Å². The maximum absolute atomic E-state index is 10.9. The van der Waals surface area contributed by atoms with Crippen molar-refractivity contribution in [3.63, 3.8) is 0 Å². The lowest BCUT2D eigenvalue weighted by molar-refractivity contribution is -0.0120. The van der Waals surface area contributed by atoms with Gasteiger partial charge in [-0.25, -0.2) is 9.97 Å². The number of rotatable bonds is 4. The van der Waals surface area contributed by atoms with Gasteiger partial charge in [0.25, 0.3) is 0 Å². The summed E-state index contributed by atoms with van der Waals surface area (Å²) in [4.78, 5) is 12.9. The lowest BCUT2D eigenvalue weighted by Crippen LogP contribution is -2.40. The zero-order valence-corrected chi connectivity index (χ0v) is 12.9. The molecule has 116 valence electrons. The molecular weight excluding hydrogens is 276 g/mol. The summed E-state index contributed by atoms with van der Waals surface area (Å²) in [6.45, 7) is 3.10. The van der Waals surface area contributed by atoms with Crippen molar-refractivity contribution in [1.82, 2.24) is 20.3 Å². The van der Waals surface area contributed by atoms with Crippen LogP contribution in [0.25, 0.3) is 11.4 Å². The fraction of sp³-hybridized carbons (Fsp3) is 0.471. The summed E-state index contributed by atoms with van der Waals surface area (Å²) in [5.74, 6) is 0.657. The van der Waals surface area contributed by atoms with Crippen molar-refractivity contribution < 1.29 is 5.11 Å². The van der Waals surface area contributed by atoms with E-state index in [1.54, 1.807) is 24.7 Å². The maximum Gasteiger partial charge on any atom is 0.160 e. The van der Waals surface area contributed by atoms with Gasteiger partial charge in [0.2, 0.25) is 0 Å². The number of nitrogens with zero attached hydrogens (tertiary/aromatic N) is 3. The summed E-state index contributed by atoms with van der Waals surface area (Å²) in [6, 6.07) is 6.14. The van der Waals surface area contributed by atoms with E-state index in [0.717, 1.165) is 43.5 Å². The lowest BCUT2D eigenvalue weighted by atomic mass is 9.80. The molecule has 2 heterocycles. The van der Waals surface area contributed by atoms with Gasteiger partial charge >= 0.3 is 0 Å². The Bertz CT molecular complexity index is 592. The van der Waals surface area contributed by atoms with E-state index in [-0.39, 0.29) is 0 Å². The Morgan fingerprint density at radius 3 is 2.50 bits per heavy atom. The molecule has 0 unspecified atom stereocenters. The molecule has 1 fully saturated rings. The molecular formula is C17H22N4O. The molecule has 0 atom stereocenters. The number of pyridine rings is 1. The Hall–Kier alpha value is -1.85. The van der Waals surface area contributed by atoms with Crippen LogP contribution in [0.1, 0.15) is 38.3 Å². The number of nitrogens with one attached hydrogen (secondary N) is 1. The fourth-order valence-electron chi connectivity index (χ4n) is 3.09. The maximum atomic E-state index is 10.9. The van der Waals surface area contributed by atoms with Crippen LogP contribution >= 0.6 is 0 Å². The third-order valence-corrected chi connectivity index (χ3v) is 4.37. The molecule has 22 heavy (non-hydrogen) atoms. The van der Waals surface area contributed by atoms with Gasteiger partial charge in [-0.05, 0) is 50.4 Å². The zero-order valence-electron chi connectivity index (χ0n) is 12.9. The van der Waals surface area contributed by atoms with Crippen molar-refractivity contribution in [3.05, 3.63) is 42.5 Å². The second-order valence-corrected chi connectivity index (χ2v) is 5.87. The van der Waals surface area contributed by atoms with Crippen molar-refractivity contribution in [3.8, 4) is 11.4 Å². The fourth-order valence-corrected chi connectivity index (χ4v) is 3.09. The molecule has 5 nitrogen and oxygen atoms in total. The topological polar surface area (TPSA) is 70.9 Å². The van der Waals surface area contributed by atoms with E-state index in [4.69, 9.17) is 0 Å². The van der Waals surface area contributed by atoms with Crippen LogP contribution in [0.2, 0.25) is 0 Å². The van der Waals surface area contributed by atoms with Crippen molar-refractivity contribution in [2.24, 2.45) is 0 Å². The Labute approximate surface area is 130 Å². The summed E-state index contributed by atoms with van der Waals surface area (Å²) in [5, 5.41) is 14.3. The SMILES string of the molecule is CCNC1CCC(O)(c2ccc(-c3ncccn3)cn2)CC1. The third-order valence-electron chi connectivity index (χ3n) is 4.37. The summed E-state index contributed by atoms with van der Waals surface area (Å²) in [6.07, 6.45) is 8.64. The van der Waals surface area contributed by atoms with E-state index >= 15 is 0 Å². The molecule has 0 saturated heterocycles. The molecule has 0 aliphatic heterocycles. The first-order valence-corrected chi connectivity index (χ1v) is 7.91. The monoisotopic (exact) mass is 298 g/mol. The molecule has 2 aromatic heterocycles. The molecule has 0 radical (unpaired) electrons. The normalized spacial score (nSPS) is 25.1. The standard InChI is InChI=1S/C17H22N4O/c1-2-18-14-6-8-17(22,9-7-14)15-5-4-13(12-21-15)16-19-10-3-11-20-16/h3-5,10-12,14,18,22H,2,6-9H2,1H3. The van der Waals surface area contributed by atoms with Gasteiger partial charge in [0.1, 0.15) is 5.60 Å². The largest absolute Gasteiger partial charge is 0.384 e. The molecule has 1 aliphatic rings. The Morgan fingerprint density at radius 2 is 1.91 bits per heavy atom. The predicted molar refractivity (Wildman–Crippen MR) is 85.1 cm³/mol. The first-order valence-electron chi connectivity index (χ1n) is 7.91. The van der Waals surface area contributed by atoms with E-state index < -0.39 is 5.60 Å². The predicted octanol–water partition coefficient (Wildman–Crippen LogP) is 2.28. The average Bonchev–Trinajstić information content (AvgIpc) is 2.58. The van der Waals surface area contributed by atoms with E-state index in [1.165, 1.54) is 0 Å². The second-order valence-electron chi connectivity index (χ2n) is 5.87. The Kier molecular flexibility index (Phi) is 4.45. The number of hydrogen-bond acceptors (Lipinski definition) is 5. The number of aliphatic hydroxyl groups is 1. The smallest absolute Gasteiger partial charge is 0.160 e. The molecule has 2 N–H and O–H groups in total. The van der Waals surface area contributed by atoms with Crippen LogP contribution in [0.5, 0.6) is 0 Å². The van der Waals surface area contributed by atoms with Gasteiger partial charge < -0.3 is 10.4 Å². The minimum atomic E-state index is -0.804. The molecule has 0 bridgehead atoms. The highest BCUT2D eigenvalue weighted by molar-refractivity contribution is 5.52. The van der Waals surface area contributed by atoms with Gasteiger partial charge in [-0.2, -0.15) is 0 Å². The molecule has 3 rings (SSSR count). The van der Waals surface area contributed by atoms with Crippen molar-refractivity contribution in [2.75, 3.05) is 6.54 Å². The summed E-state index contributed by atoms with van der Waals surface area (Å²) in [7, 11) is 0. The van der Waals surface area contributed by atoms with Gasteiger partial charge in [0.15, 0.2) is 5.82 Å². The van der Waals surface area contributed by atoms with Crippen molar-refractivity contribution >= 4 is 0 Å². The first kappa shape index (κ1) is 15.1. The van der Waals surface area contributed by atoms with Crippen molar-refractivity contribution in [1.29, 1.82) is 0 Å². The van der Waals surface area contributed by atoms with Crippen LogP contribution in [0.3, 0.4) is 0 Å². The van der Waals surface area contributed by atoms with Crippen LogP contribution in [-0.4, -0.2) is 32.6 Å². The molecule has 1 saturated carbocycles. The quantitative estimate of drug-likeness (QED) is 0.906. The van der Waals surface area contributed by atoms with Gasteiger partial charge in [0, 0.05) is 30.2 Å². The van der Waals surface area contributed by atoms with Gasteiger partial charge in [-0.15, -0.1) is 0 Å².